The predicted octanol–water partition coefficient (Wildman–Crippen LogP) is 4.49. The lowest BCUT2D eigenvalue weighted by Crippen LogP contribution is -2.51. The van der Waals surface area contributed by atoms with Crippen LogP contribution in [0, 0.1) is 23.7 Å². The van der Waals surface area contributed by atoms with Crippen LogP contribution in [0.15, 0.2) is 24.3 Å². The molecule has 0 radical (unpaired) electrons. The minimum Gasteiger partial charge on any atom is -0.382 e. The fourth-order valence-corrected chi connectivity index (χ4v) is 5.31. The third kappa shape index (κ3) is 1.98. The summed E-state index contributed by atoms with van der Waals surface area (Å²) in [5, 5.41) is 3.94. The van der Waals surface area contributed by atoms with Gasteiger partial charge in [-0.25, -0.2) is 0 Å². The van der Waals surface area contributed by atoms with Gasteiger partial charge in [-0.15, -0.1) is 0 Å². The van der Waals surface area contributed by atoms with Crippen molar-refractivity contribution in [2.75, 3.05) is 5.32 Å². The van der Waals surface area contributed by atoms with Gasteiger partial charge in [0.2, 0.25) is 0 Å². The highest BCUT2D eigenvalue weighted by atomic mass is 15.0. The Morgan fingerprint density at radius 3 is 2.21 bits per heavy atom. The molecular weight excluding hydrogens is 230 g/mol. The second-order valence-corrected chi connectivity index (χ2v) is 7.11. The van der Waals surface area contributed by atoms with Gasteiger partial charge in [-0.1, -0.05) is 25.1 Å². The molecule has 0 spiro atoms. The molecule has 0 amide bonds. The highest BCUT2D eigenvalue weighted by Crippen LogP contribution is 2.54. The first-order valence-corrected chi connectivity index (χ1v) is 8.18. The summed E-state index contributed by atoms with van der Waals surface area (Å²) in [5.74, 6) is 4.06. The summed E-state index contributed by atoms with van der Waals surface area (Å²) < 4.78 is 0. The number of rotatable bonds is 3. The van der Waals surface area contributed by atoms with E-state index in [-0.39, 0.29) is 0 Å². The number of anilines is 1. The quantitative estimate of drug-likeness (QED) is 0.839. The van der Waals surface area contributed by atoms with Crippen molar-refractivity contribution >= 4 is 5.69 Å². The second kappa shape index (κ2) is 4.54. The van der Waals surface area contributed by atoms with Crippen molar-refractivity contribution in [3.05, 3.63) is 29.8 Å². The average molecular weight is 255 g/mol. The van der Waals surface area contributed by atoms with Gasteiger partial charge < -0.3 is 5.32 Å². The van der Waals surface area contributed by atoms with Crippen molar-refractivity contribution in [1.29, 1.82) is 0 Å². The second-order valence-electron chi connectivity index (χ2n) is 7.11. The van der Waals surface area contributed by atoms with E-state index in [9.17, 15) is 0 Å². The zero-order valence-electron chi connectivity index (χ0n) is 11.9. The van der Waals surface area contributed by atoms with Crippen LogP contribution in [0.5, 0.6) is 0 Å². The Bertz CT molecular complexity index is 437. The van der Waals surface area contributed by atoms with E-state index in [1.165, 1.54) is 36.9 Å². The number of hydrogen-bond donors (Lipinski definition) is 1. The third-order valence-corrected chi connectivity index (χ3v) is 5.95. The Kier molecular flexibility index (Phi) is 2.82. The van der Waals surface area contributed by atoms with Gasteiger partial charge in [-0.2, -0.15) is 0 Å². The normalized spacial score (nSPS) is 39.5. The van der Waals surface area contributed by atoms with Crippen LogP contribution in [0.25, 0.3) is 0 Å². The van der Waals surface area contributed by atoms with Gasteiger partial charge in [0.15, 0.2) is 0 Å². The first-order valence-electron chi connectivity index (χ1n) is 8.18. The Balaban J connectivity index is 1.57. The number of hydrogen-bond acceptors (Lipinski definition) is 1. The summed E-state index contributed by atoms with van der Waals surface area (Å²) in [7, 11) is 0. The van der Waals surface area contributed by atoms with Gasteiger partial charge in [0.05, 0.1) is 0 Å². The molecule has 0 aromatic heterocycles. The van der Waals surface area contributed by atoms with E-state index in [0.717, 1.165) is 36.1 Å². The summed E-state index contributed by atoms with van der Waals surface area (Å²) in [6.07, 6.45) is 8.68. The zero-order valence-corrected chi connectivity index (χ0v) is 11.9. The lowest BCUT2D eigenvalue weighted by molar-refractivity contribution is 0.00752. The van der Waals surface area contributed by atoms with Gasteiger partial charge in [0.25, 0.3) is 0 Å². The topological polar surface area (TPSA) is 12.0 Å². The van der Waals surface area contributed by atoms with E-state index in [0.29, 0.717) is 0 Å². The SMILES string of the molecule is CCc1ccccc1NC1C2CC3CC(C2)CC1C3. The molecule has 0 atom stereocenters. The van der Waals surface area contributed by atoms with E-state index in [4.69, 9.17) is 0 Å². The number of nitrogens with one attached hydrogen (secondary N) is 1. The Morgan fingerprint density at radius 2 is 1.58 bits per heavy atom. The molecule has 102 valence electrons. The van der Waals surface area contributed by atoms with Crippen LogP contribution in [0.1, 0.15) is 44.6 Å². The molecule has 4 fully saturated rings. The maximum Gasteiger partial charge on any atom is 0.0374 e. The Morgan fingerprint density at radius 1 is 0.947 bits per heavy atom. The van der Waals surface area contributed by atoms with Crippen LogP contribution in [0.3, 0.4) is 0 Å². The van der Waals surface area contributed by atoms with Gasteiger partial charge >= 0.3 is 0 Å². The van der Waals surface area contributed by atoms with E-state index in [1.807, 2.05) is 0 Å². The molecule has 1 nitrogen and oxygen atoms in total. The van der Waals surface area contributed by atoms with Crippen molar-refractivity contribution in [2.45, 2.75) is 51.5 Å². The largest absolute Gasteiger partial charge is 0.382 e. The molecule has 1 N–H and O–H groups in total. The molecule has 0 saturated heterocycles. The molecule has 4 aliphatic rings. The number of benzene rings is 1. The number of para-hydroxylation sites is 1. The van der Waals surface area contributed by atoms with Crippen molar-refractivity contribution < 1.29 is 0 Å². The summed E-state index contributed by atoms with van der Waals surface area (Å²) in [6, 6.07) is 9.67. The van der Waals surface area contributed by atoms with Crippen molar-refractivity contribution in [3.8, 4) is 0 Å². The molecule has 4 aliphatic carbocycles. The van der Waals surface area contributed by atoms with Crippen LogP contribution in [0.4, 0.5) is 5.69 Å². The lowest BCUT2D eigenvalue weighted by atomic mass is 9.54. The summed E-state index contributed by atoms with van der Waals surface area (Å²) in [5.41, 5.74) is 2.89. The lowest BCUT2D eigenvalue weighted by Gasteiger charge is -2.54. The van der Waals surface area contributed by atoms with Crippen molar-refractivity contribution in [2.24, 2.45) is 23.7 Å². The minimum atomic E-state index is 0.764. The van der Waals surface area contributed by atoms with Crippen molar-refractivity contribution in [1.82, 2.24) is 0 Å². The van der Waals surface area contributed by atoms with E-state index < -0.39 is 0 Å². The zero-order chi connectivity index (χ0) is 12.8. The van der Waals surface area contributed by atoms with E-state index >= 15 is 0 Å². The molecule has 4 saturated carbocycles. The standard InChI is InChI=1S/C18H25N/c1-2-14-5-3-4-6-17(14)19-18-15-8-12-7-13(10-15)11-16(18)9-12/h3-6,12-13,15-16,18-19H,2,7-11H2,1H3. The van der Waals surface area contributed by atoms with Gasteiger partial charge in [0.1, 0.15) is 0 Å². The van der Waals surface area contributed by atoms with Gasteiger partial charge in [0, 0.05) is 11.7 Å². The van der Waals surface area contributed by atoms with E-state index in [1.54, 1.807) is 6.42 Å². The first kappa shape index (κ1) is 11.8. The molecule has 4 bridgehead atoms. The van der Waals surface area contributed by atoms with Gasteiger partial charge in [-0.05, 0) is 73.8 Å². The Labute approximate surface area is 116 Å². The van der Waals surface area contributed by atoms with Crippen LogP contribution in [-0.2, 0) is 6.42 Å². The molecule has 1 aromatic rings. The summed E-state index contributed by atoms with van der Waals surface area (Å²) in [4.78, 5) is 0. The molecule has 19 heavy (non-hydrogen) atoms. The van der Waals surface area contributed by atoms with Crippen LogP contribution < -0.4 is 5.32 Å². The first-order chi connectivity index (χ1) is 9.33. The number of aryl methyl sites for hydroxylation is 1. The third-order valence-electron chi connectivity index (χ3n) is 5.95. The van der Waals surface area contributed by atoms with Crippen LogP contribution in [-0.4, -0.2) is 6.04 Å². The fraction of sp³-hybridized carbons (Fsp3) is 0.667. The molecular formula is C18H25N. The molecule has 0 heterocycles. The fourth-order valence-electron chi connectivity index (χ4n) is 5.31. The maximum absolute atomic E-state index is 3.94. The van der Waals surface area contributed by atoms with Crippen LogP contribution in [0.2, 0.25) is 0 Å². The van der Waals surface area contributed by atoms with Crippen molar-refractivity contribution in [3.63, 3.8) is 0 Å². The highest BCUT2D eigenvalue weighted by molar-refractivity contribution is 5.52. The maximum atomic E-state index is 3.94. The molecule has 1 heteroatoms. The summed E-state index contributed by atoms with van der Waals surface area (Å²) >= 11 is 0. The minimum absolute atomic E-state index is 0.764. The molecule has 0 unspecified atom stereocenters. The molecule has 5 rings (SSSR count). The average Bonchev–Trinajstić information content (AvgIpc) is 2.42. The molecule has 0 aliphatic heterocycles. The smallest absolute Gasteiger partial charge is 0.0374 e. The van der Waals surface area contributed by atoms with Crippen LogP contribution >= 0.6 is 0 Å². The summed E-state index contributed by atoms with van der Waals surface area (Å²) in [6.45, 7) is 2.26. The predicted molar refractivity (Wildman–Crippen MR) is 80.3 cm³/mol. The van der Waals surface area contributed by atoms with Gasteiger partial charge in [-0.3, -0.25) is 0 Å². The highest BCUT2D eigenvalue weighted by Gasteiger charge is 2.48. The monoisotopic (exact) mass is 255 g/mol. The van der Waals surface area contributed by atoms with E-state index in [2.05, 4.69) is 36.5 Å². The molecule has 1 aromatic carbocycles. The Hall–Kier alpha value is -0.980.